The summed E-state index contributed by atoms with van der Waals surface area (Å²) >= 11 is 0. The fraction of sp³-hybridized carbons (Fsp3) is 0.345. The van der Waals surface area contributed by atoms with E-state index in [2.05, 4.69) is 15.4 Å². The van der Waals surface area contributed by atoms with Crippen LogP contribution in [0, 0.1) is 0 Å². The number of carbonyl (C=O) groups excluding carboxylic acids is 1. The van der Waals surface area contributed by atoms with E-state index < -0.39 is 18.0 Å². The quantitative estimate of drug-likeness (QED) is 0.230. The van der Waals surface area contributed by atoms with Crippen LogP contribution in [0.3, 0.4) is 0 Å². The van der Waals surface area contributed by atoms with Crippen LogP contribution in [0.15, 0.2) is 66.7 Å². The molecule has 0 aliphatic carbocycles. The third-order valence-corrected chi connectivity index (χ3v) is 6.12. The molecule has 39 heavy (non-hydrogen) atoms. The Kier molecular flexibility index (Phi) is 9.96. The molecule has 0 saturated carbocycles. The minimum absolute atomic E-state index is 0.0285. The van der Waals surface area contributed by atoms with Crippen molar-refractivity contribution in [3.05, 3.63) is 94.5 Å². The second-order valence-electron chi connectivity index (χ2n) is 9.90. The van der Waals surface area contributed by atoms with Crippen molar-refractivity contribution in [2.24, 2.45) is 0 Å². The highest BCUT2D eigenvalue weighted by molar-refractivity contribution is 5.94. The molecule has 0 heterocycles. The van der Waals surface area contributed by atoms with Crippen LogP contribution in [0.25, 0.3) is 0 Å². The molecule has 3 rings (SSSR count). The number of nitrogens with one attached hydrogen (secondary N) is 2. The van der Waals surface area contributed by atoms with Gasteiger partial charge in [0.2, 0.25) is 0 Å². The van der Waals surface area contributed by atoms with Crippen molar-refractivity contribution < 1.29 is 38.0 Å². The van der Waals surface area contributed by atoms with Crippen molar-refractivity contribution in [3.8, 4) is 11.5 Å². The van der Waals surface area contributed by atoms with Crippen LogP contribution >= 0.6 is 0 Å². The number of rotatable bonds is 12. The van der Waals surface area contributed by atoms with E-state index in [0.29, 0.717) is 36.1 Å². The largest absolute Gasteiger partial charge is 0.573 e. The van der Waals surface area contributed by atoms with Crippen LogP contribution in [0.4, 0.5) is 13.2 Å². The first kappa shape index (κ1) is 29.9. The molecular weight excluding hydrogens is 513 g/mol. The molecule has 0 aliphatic heterocycles. The smallest absolute Gasteiger partial charge is 0.508 e. The van der Waals surface area contributed by atoms with E-state index in [1.807, 2.05) is 19.9 Å². The predicted molar refractivity (Wildman–Crippen MR) is 140 cm³/mol. The molecule has 1 amide bonds. The Labute approximate surface area is 225 Å². The van der Waals surface area contributed by atoms with E-state index in [1.165, 1.54) is 30.3 Å². The van der Waals surface area contributed by atoms with Gasteiger partial charge in [-0.15, -0.1) is 13.2 Å². The zero-order valence-electron chi connectivity index (χ0n) is 21.8. The molecular formula is C29H33F3N2O5. The van der Waals surface area contributed by atoms with Crippen molar-refractivity contribution in [1.82, 2.24) is 10.6 Å². The first-order chi connectivity index (χ1) is 18.3. The number of aromatic hydroxyl groups is 1. The van der Waals surface area contributed by atoms with E-state index in [4.69, 9.17) is 0 Å². The maximum Gasteiger partial charge on any atom is 0.573 e. The van der Waals surface area contributed by atoms with Crippen LogP contribution in [-0.2, 0) is 19.4 Å². The van der Waals surface area contributed by atoms with E-state index in [1.54, 1.807) is 30.3 Å². The Morgan fingerprint density at radius 3 is 2.38 bits per heavy atom. The standard InChI is InChI=1S/C29H33F3N2O5/c1-28(2,34-17-26(37)21-8-11-25(36)23(15-21)18-35)16-20-4-3-5-22(14-20)27(38)33-13-12-19-6-9-24(10-7-19)39-29(30,31)32/h3-11,14-15,26,34-37H,12-13,16-18H2,1-2H3,(H,33,38)/t26-/m1/s1. The van der Waals surface area contributed by atoms with Gasteiger partial charge in [0.25, 0.3) is 5.91 Å². The van der Waals surface area contributed by atoms with Crippen molar-refractivity contribution >= 4 is 5.91 Å². The van der Waals surface area contributed by atoms with Crippen LogP contribution < -0.4 is 15.4 Å². The molecule has 1 atom stereocenters. The fourth-order valence-electron chi connectivity index (χ4n) is 4.11. The van der Waals surface area contributed by atoms with E-state index >= 15 is 0 Å². The number of carbonyl (C=O) groups is 1. The molecule has 0 aromatic heterocycles. The van der Waals surface area contributed by atoms with Gasteiger partial charge in [-0.3, -0.25) is 4.79 Å². The lowest BCUT2D eigenvalue weighted by Crippen LogP contribution is -2.43. The molecule has 10 heteroatoms. The van der Waals surface area contributed by atoms with E-state index in [0.717, 1.165) is 11.1 Å². The van der Waals surface area contributed by atoms with Gasteiger partial charge in [-0.1, -0.05) is 30.3 Å². The molecule has 0 spiro atoms. The number of ether oxygens (including phenoxy) is 1. The molecule has 3 aromatic carbocycles. The molecule has 0 saturated heterocycles. The summed E-state index contributed by atoms with van der Waals surface area (Å²) in [5, 5.41) is 35.8. The van der Waals surface area contributed by atoms with Crippen molar-refractivity contribution in [2.75, 3.05) is 13.1 Å². The van der Waals surface area contributed by atoms with Gasteiger partial charge in [-0.25, -0.2) is 0 Å². The first-order valence-electron chi connectivity index (χ1n) is 12.4. The summed E-state index contributed by atoms with van der Waals surface area (Å²) in [6, 6.07) is 17.3. The Bertz CT molecular complexity index is 1250. The molecule has 0 bridgehead atoms. The van der Waals surface area contributed by atoms with Crippen LogP contribution in [0.5, 0.6) is 11.5 Å². The van der Waals surface area contributed by atoms with E-state index in [9.17, 15) is 33.3 Å². The molecule has 3 aromatic rings. The number of amides is 1. The zero-order valence-corrected chi connectivity index (χ0v) is 21.8. The molecule has 7 nitrogen and oxygen atoms in total. The average Bonchev–Trinajstić information content (AvgIpc) is 2.87. The minimum atomic E-state index is -4.74. The number of hydrogen-bond donors (Lipinski definition) is 5. The third kappa shape index (κ3) is 9.58. The molecule has 5 N–H and O–H groups in total. The summed E-state index contributed by atoms with van der Waals surface area (Å²) in [4.78, 5) is 12.7. The first-order valence-corrected chi connectivity index (χ1v) is 12.4. The Hall–Kier alpha value is -3.60. The monoisotopic (exact) mass is 546 g/mol. The van der Waals surface area contributed by atoms with Gasteiger partial charge in [0.15, 0.2) is 0 Å². The molecule has 0 fully saturated rings. The van der Waals surface area contributed by atoms with Gasteiger partial charge in [0.1, 0.15) is 11.5 Å². The average molecular weight is 547 g/mol. The highest BCUT2D eigenvalue weighted by atomic mass is 19.4. The lowest BCUT2D eigenvalue weighted by atomic mass is 9.93. The zero-order chi connectivity index (χ0) is 28.6. The fourth-order valence-corrected chi connectivity index (χ4v) is 4.11. The predicted octanol–water partition coefficient (Wildman–Crippen LogP) is 4.40. The SMILES string of the molecule is CC(C)(Cc1cccc(C(=O)NCCc2ccc(OC(F)(F)F)cc2)c1)NC[C@@H](O)c1ccc(O)c(CO)c1. The third-order valence-electron chi connectivity index (χ3n) is 6.12. The highest BCUT2D eigenvalue weighted by Gasteiger charge is 2.31. The maximum absolute atomic E-state index is 12.7. The number of hydrogen-bond acceptors (Lipinski definition) is 6. The summed E-state index contributed by atoms with van der Waals surface area (Å²) < 4.78 is 40.7. The topological polar surface area (TPSA) is 111 Å². The number of β-amino-alcohol motifs (C(OH)–C–C–N with tert-alkyl or cyclic N) is 1. The minimum Gasteiger partial charge on any atom is -0.508 e. The summed E-state index contributed by atoms with van der Waals surface area (Å²) in [7, 11) is 0. The summed E-state index contributed by atoms with van der Waals surface area (Å²) in [5.74, 6) is -0.587. The van der Waals surface area contributed by atoms with Gasteiger partial charge in [-0.2, -0.15) is 0 Å². The van der Waals surface area contributed by atoms with Crippen molar-refractivity contribution in [3.63, 3.8) is 0 Å². The number of benzene rings is 3. The summed E-state index contributed by atoms with van der Waals surface area (Å²) in [6.45, 7) is 4.18. The van der Waals surface area contributed by atoms with E-state index in [-0.39, 0.29) is 30.6 Å². The summed E-state index contributed by atoms with van der Waals surface area (Å²) in [5.41, 5.74) is 2.65. The lowest BCUT2D eigenvalue weighted by molar-refractivity contribution is -0.274. The van der Waals surface area contributed by atoms with Gasteiger partial charge in [0, 0.05) is 29.8 Å². The number of phenols is 1. The van der Waals surface area contributed by atoms with Gasteiger partial charge < -0.3 is 30.7 Å². The van der Waals surface area contributed by atoms with Crippen molar-refractivity contribution in [1.29, 1.82) is 0 Å². The van der Waals surface area contributed by atoms with Gasteiger partial charge in [0.05, 0.1) is 12.7 Å². The Balaban J connectivity index is 1.50. The molecule has 210 valence electrons. The number of alkyl halides is 3. The molecule has 0 aliphatic rings. The second-order valence-corrected chi connectivity index (χ2v) is 9.90. The Morgan fingerprint density at radius 1 is 1.00 bits per heavy atom. The normalized spacial score (nSPS) is 12.7. The lowest BCUT2D eigenvalue weighted by Gasteiger charge is -2.28. The van der Waals surface area contributed by atoms with Crippen molar-refractivity contribution in [2.45, 2.75) is 51.3 Å². The van der Waals surface area contributed by atoms with Crippen LogP contribution in [0.1, 0.15) is 52.6 Å². The molecule has 0 radical (unpaired) electrons. The van der Waals surface area contributed by atoms with Gasteiger partial charge >= 0.3 is 6.36 Å². The van der Waals surface area contributed by atoms with Crippen LogP contribution in [-0.4, -0.2) is 46.2 Å². The molecule has 0 unspecified atom stereocenters. The van der Waals surface area contributed by atoms with Gasteiger partial charge in [-0.05, 0) is 79.8 Å². The maximum atomic E-state index is 12.7. The Morgan fingerprint density at radius 2 is 1.72 bits per heavy atom. The highest BCUT2D eigenvalue weighted by Crippen LogP contribution is 2.24. The number of aliphatic hydroxyl groups excluding tert-OH is 2. The summed E-state index contributed by atoms with van der Waals surface area (Å²) in [6.07, 6.45) is -4.57. The number of halogens is 3. The van der Waals surface area contributed by atoms with Crippen LogP contribution in [0.2, 0.25) is 0 Å². The second kappa shape index (κ2) is 13.0. The number of aliphatic hydroxyl groups is 2.